The lowest BCUT2D eigenvalue weighted by Gasteiger charge is -2.10. The van der Waals surface area contributed by atoms with Gasteiger partial charge in [0, 0.05) is 4.90 Å². The van der Waals surface area contributed by atoms with Gasteiger partial charge in [-0.2, -0.15) is 23.0 Å². The fraction of sp³-hybridized carbons (Fsp3) is 0.174. The van der Waals surface area contributed by atoms with Gasteiger partial charge in [0.25, 0.3) is 0 Å². The molecule has 0 aliphatic rings. The zero-order chi connectivity index (χ0) is 34.6. The van der Waals surface area contributed by atoms with Crippen LogP contribution in [0, 0.1) is 0 Å². The van der Waals surface area contributed by atoms with Crippen LogP contribution in [0.1, 0.15) is 10.4 Å². The molecule has 0 fully saturated rings. The molecule has 0 amide bonds. The Kier molecular flexibility index (Phi) is 13.8. The summed E-state index contributed by atoms with van der Waals surface area (Å²) in [6.45, 7) is -0.943. The minimum absolute atomic E-state index is 0.0986. The average molecular weight is 737 g/mol. The summed E-state index contributed by atoms with van der Waals surface area (Å²) >= 11 is -1.11. The number of carboxylic acid groups (broad SMARTS) is 1. The molecule has 3 aromatic carbocycles. The molecule has 254 valence electrons. The van der Waals surface area contributed by atoms with Gasteiger partial charge in [-0.15, -0.1) is 14.6 Å². The van der Waals surface area contributed by atoms with E-state index >= 15 is 0 Å². The first-order valence-corrected chi connectivity index (χ1v) is 17.4. The molecule has 3 aromatic rings. The van der Waals surface area contributed by atoms with Crippen LogP contribution < -0.4 is 11.5 Å². The second-order valence-electron chi connectivity index (χ2n) is 8.51. The van der Waals surface area contributed by atoms with Crippen LogP contribution in [-0.4, -0.2) is 66.6 Å². The molecular formula is C23H24N6O14S4. The minimum Gasteiger partial charge on any atom is -0.478 e. The SMILES string of the molecule is Nc1cc(N)c(N=Nc2ccc(S(=O)(=O)CCOS(=O)(=O)O)cc2)c(C(=O)O)c1N=Nc1ccc(SOOCCS(=O)OOO)cc1. The molecule has 1 unspecified atom stereocenters. The number of hydrogen-bond acceptors (Lipinski definition) is 19. The van der Waals surface area contributed by atoms with Gasteiger partial charge < -0.3 is 16.6 Å². The van der Waals surface area contributed by atoms with Crippen LogP contribution in [0.3, 0.4) is 0 Å². The number of carboxylic acids is 1. The van der Waals surface area contributed by atoms with Gasteiger partial charge in [0.15, 0.2) is 20.9 Å². The lowest BCUT2D eigenvalue weighted by atomic mass is 10.1. The van der Waals surface area contributed by atoms with Crippen LogP contribution >= 0.6 is 12.0 Å². The molecule has 0 saturated heterocycles. The molecule has 0 heterocycles. The molecule has 0 aromatic heterocycles. The number of nitrogen functional groups attached to an aromatic ring is 2. The third-order valence-electron chi connectivity index (χ3n) is 5.31. The maximum atomic E-state index is 12.4. The Morgan fingerprint density at radius 2 is 1.43 bits per heavy atom. The molecule has 0 bridgehead atoms. The first kappa shape index (κ1) is 37.5. The molecule has 0 saturated carbocycles. The lowest BCUT2D eigenvalue weighted by Crippen LogP contribution is -2.15. The molecule has 0 spiro atoms. The Balaban J connectivity index is 1.73. The van der Waals surface area contributed by atoms with E-state index in [1.54, 1.807) is 12.1 Å². The van der Waals surface area contributed by atoms with Crippen molar-refractivity contribution in [3.8, 4) is 0 Å². The summed E-state index contributed by atoms with van der Waals surface area (Å²) < 4.78 is 78.6. The zero-order valence-electron chi connectivity index (χ0n) is 23.4. The normalized spacial score (nSPS) is 13.0. The molecule has 1 atom stereocenters. The quantitative estimate of drug-likeness (QED) is 0.0234. The highest BCUT2D eigenvalue weighted by Gasteiger charge is 2.22. The predicted molar refractivity (Wildman–Crippen MR) is 164 cm³/mol. The summed E-state index contributed by atoms with van der Waals surface area (Å²) in [4.78, 5) is 17.4. The van der Waals surface area contributed by atoms with Crippen LogP contribution in [0.15, 0.2) is 84.8 Å². The van der Waals surface area contributed by atoms with Crippen molar-refractivity contribution in [2.45, 2.75) is 9.79 Å². The van der Waals surface area contributed by atoms with Gasteiger partial charge in [-0.1, -0.05) is 5.04 Å². The van der Waals surface area contributed by atoms with E-state index in [1.807, 2.05) is 0 Å². The molecule has 0 aliphatic carbocycles. The molecule has 3 rings (SSSR count). The van der Waals surface area contributed by atoms with Gasteiger partial charge in [-0.25, -0.2) is 31.7 Å². The summed E-state index contributed by atoms with van der Waals surface area (Å²) in [6, 6.07) is 12.2. The van der Waals surface area contributed by atoms with Crippen molar-refractivity contribution in [3.05, 3.63) is 60.2 Å². The number of nitrogens with zero attached hydrogens (tertiary/aromatic N) is 4. The van der Waals surface area contributed by atoms with E-state index < -0.39 is 55.2 Å². The molecular weight excluding hydrogens is 713 g/mol. The fourth-order valence-corrected chi connectivity index (χ4v) is 5.53. The monoisotopic (exact) mass is 736 g/mol. The van der Waals surface area contributed by atoms with Crippen LogP contribution in [0.5, 0.6) is 0 Å². The van der Waals surface area contributed by atoms with Crippen molar-refractivity contribution >= 4 is 83.5 Å². The summed E-state index contributed by atoms with van der Waals surface area (Å²) in [5, 5.41) is 37.1. The second-order valence-corrected chi connectivity index (χ2v) is 13.6. The van der Waals surface area contributed by atoms with E-state index in [-0.39, 0.29) is 45.7 Å². The number of aromatic carboxylic acids is 1. The highest BCUT2D eigenvalue weighted by atomic mass is 32.3. The third kappa shape index (κ3) is 12.0. The number of rotatable bonds is 18. The van der Waals surface area contributed by atoms with E-state index in [4.69, 9.17) is 30.5 Å². The first-order chi connectivity index (χ1) is 22.2. The van der Waals surface area contributed by atoms with Crippen molar-refractivity contribution < 1.29 is 63.5 Å². The summed E-state index contributed by atoms with van der Waals surface area (Å²) in [7, 11) is -8.79. The Morgan fingerprint density at radius 3 is 1.94 bits per heavy atom. The van der Waals surface area contributed by atoms with Gasteiger partial charge in [0.1, 0.15) is 16.9 Å². The maximum Gasteiger partial charge on any atom is 0.397 e. The Hall–Kier alpha value is -3.95. The largest absolute Gasteiger partial charge is 0.478 e. The van der Waals surface area contributed by atoms with E-state index in [1.165, 1.54) is 30.3 Å². The van der Waals surface area contributed by atoms with Gasteiger partial charge >= 0.3 is 16.4 Å². The Labute approximate surface area is 272 Å². The lowest BCUT2D eigenvalue weighted by molar-refractivity contribution is -0.435. The molecule has 47 heavy (non-hydrogen) atoms. The third-order valence-corrected chi connectivity index (χ3v) is 8.81. The van der Waals surface area contributed by atoms with Crippen molar-refractivity contribution in [3.63, 3.8) is 0 Å². The van der Waals surface area contributed by atoms with Gasteiger partial charge in [-0.05, 0) is 54.6 Å². The molecule has 20 nitrogen and oxygen atoms in total. The van der Waals surface area contributed by atoms with Crippen molar-refractivity contribution in [2.75, 3.05) is 36.2 Å². The van der Waals surface area contributed by atoms with Gasteiger partial charge in [0.05, 0.1) is 64.4 Å². The zero-order valence-corrected chi connectivity index (χ0v) is 26.7. The smallest absolute Gasteiger partial charge is 0.397 e. The topological polar surface area (TPSA) is 311 Å². The number of hydrogen-bond donors (Lipinski definition) is 5. The highest BCUT2D eigenvalue weighted by molar-refractivity contribution is 7.94. The number of azo groups is 2. The summed E-state index contributed by atoms with van der Waals surface area (Å²) in [5.74, 6) is -2.38. The number of sulfone groups is 1. The summed E-state index contributed by atoms with van der Waals surface area (Å²) in [5.41, 5.74) is 11.0. The Morgan fingerprint density at radius 1 is 0.872 bits per heavy atom. The van der Waals surface area contributed by atoms with Gasteiger partial charge in [0.2, 0.25) is 0 Å². The van der Waals surface area contributed by atoms with E-state index in [9.17, 15) is 30.9 Å². The first-order valence-electron chi connectivity index (χ1n) is 12.4. The predicted octanol–water partition coefficient (Wildman–Crippen LogP) is 4.01. The maximum absolute atomic E-state index is 12.4. The molecule has 0 radical (unpaired) electrons. The fourth-order valence-electron chi connectivity index (χ4n) is 3.26. The molecule has 24 heteroatoms. The average Bonchev–Trinajstić information content (AvgIpc) is 2.99. The second kappa shape index (κ2) is 17.3. The number of anilines is 2. The van der Waals surface area contributed by atoms with Gasteiger partial charge in [-0.3, -0.25) is 4.55 Å². The van der Waals surface area contributed by atoms with E-state index in [0.29, 0.717) is 10.6 Å². The van der Waals surface area contributed by atoms with Crippen molar-refractivity contribution in [1.82, 2.24) is 0 Å². The van der Waals surface area contributed by atoms with Crippen LogP contribution in [0.2, 0.25) is 0 Å². The number of benzene rings is 3. The number of nitrogens with two attached hydrogens (primary N) is 2. The van der Waals surface area contributed by atoms with Crippen molar-refractivity contribution in [2.24, 2.45) is 20.5 Å². The van der Waals surface area contributed by atoms with E-state index in [2.05, 4.69) is 34.0 Å². The Bertz CT molecular complexity index is 1860. The molecule has 7 N–H and O–H groups in total. The van der Waals surface area contributed by atoms with Crippen LogP contribution in [0.25, 0.3) is 0 Å². The van der Waals surface area contributed by atoms with Crippen molar-refractivity contribution in [1.29, 1.82) is 0 Å². The standard InChI is InChI=1S/C23H24N6O14S4/c24-18-13-19(25)22(29-27-15-3-7-17(8-4-15)46(34,35)12-10-40-47(36,37)38)20(23(30)31)21(18)28-26-14-1-5-16(6-2-14)44-42-39-9-11-45(33)43-41-32/h1-8,13,32H,9-12,24-25H2,(H,30,31)(H,36,37,38). The number of carbonyl (C=O) groups is 1. The highest BCUT2D eigenvalue weighted by Crippen LogP contribution is 2.41. The minimum atomic E-state index is -4.81. The van der Waals surface area contributed by atoms with E-state index in [0.717, 1.165) is 24.2 Å². The summed E-state index contributed by atoms with van der Waals surface area (Å²) in [6.07, 6.45) is 0. The van der Waals surface area contributed by atoms with Crippen LogP contribution in [-0.2, 0) is 54.1 Å². The molecule has 0 aliphatic heterocycles. The van der Waals surface area contributed by atoms with Crippen LogP contribution in [0.4, 0.5) is 34.1 Å².